The molecule has 0 atom stereocenters. The third-order valence-electron chi connectivity index (χ3n) is 3.73. The molecule has 0 aliphatic heterocycles. The van der Waals surface area contributed by atoms with Gasteiger partial charge in [-0.05, 0) is 36.8 Å². The van der Waals surface area contributed by atoms with Gasteiger partial charge in [0.1, 0.15) is 5.82 Å². The van der Waals surface area contributed by atoms with E-state index in [1.165, 1.54) is 0 Å². The van der Waals surface area contributed by atoms with Crippen molar-refractivity contribution in [2.45, 2.75) is 6.92 Å². The Kier molecular flexibility index (Phi) is 4.03. The minimum Gasteiger partial charge on any atom is -0.327 e. The Balaban J connectivity index is 2.29. The van der Waals surface area contributed by atoms with E-state index in [0.29, 0.717) is 5.56 Å². The quantitative estimate of drug-likeness (QED) is 0.684. The molecule has 0 amide bonds. The minimum absolute atomic E-state index is 0.612. The molecule has 0 saturated carbocycles. The lowest BCUT2D eigenvalue weighted by Gasteiger charge is -2.03. The molecule has 1 aromatic carbocycles. The standard InChI is InChI=1S/C19H16N4/c1-14-7-5-3-4-6-10-21-13-16(14)19-22-17-11-15(12-20)8-9-18(17)23(19)2/h3-11,13H,1-2H3. The monoisotopic (exact) mass is 300 g/mol. The summed E-state index contributed by atoms with van der Waals surface area (Å²) >= 11 is 0. The van der Waals surface area contributed by atoms with Gasteiger partial charge in [0.2, 0.25) is 0 Å². The van der Waals surface area contributed by atoms with Crippen LogP contribution in [0.1, 0.15) is 11.1 Å². The van der Waals surface area contributed by atoms with Gasteiger partial charge in [0.25, 0.3) is 0 Å². The molecule has 0 saturated heterocycles. The Hall–Kier alpha value is -3.19. The van der Waals surface area contributed by atoms with Crippen molar-refractivity contribution >= 4 is 11.0 Å². The van der Waals surface area contributed by atoms with E-state index in [-0.39, 0.29) is 0 Å². The van der Waals surface area contributed by atoms with Gasteiger partial charge < -0.3 is 4.57 Å². The molecule has 0 bridgehead atoms. The summed E-state index contributed by atoms with van der Waals surface area (Å²) in [6, 6.07) is 17.5. The Bertz CT molecular complexity index is 963. The highest BCUT2D eigenvalue weighted by Crippen LogP contribution is 2.25. The van der Waals surface area contributed by atoms with Crippen LogP contribution in [0.2, 0.25) is 0 Å². The second-order valence-electron chi connectivity index (χ2n) is 5.27. The van der Waals surface area contributed by atoms with Crippen LogP contribution in [0, 0.1) is 18.3 Å². The lowest BCUT2D eigenvalue weighted by atomic mass is 10.1. The van der Waals surface area contributed by atoms with E-state index in [0.717, 1.165) is 28.0 Å². The van der Waals surface area contributed by atoms with Gasteiger partial charge in [0, 0.05) is 25.0 Å². The molecule has 0 N–H and O–H groups in total. The molecular formula is C19H16N4. The number of aryl methyl sites for hydroxylation is 2. The zero-order valence-electron chi connectivity index (χ0n) is 13.1. The highest BCUT2D eigenvalue weighted by molar-refractivity contribution is 5.82. The molecule has 112 valence electrons. The Morgan fingerprint density at radius 2 is 1.91 bits per heavy atom. The first-order chi connectivity index (χ1) is 11.2. The fraction of sp³-hybridized carbons (Fsp3) is 0.105. The van der Waals surface area contributed by atoms with Crippen molar-refractivity contribution in [1.82, 2.24) is 14.5 Å². The second kappa shape index (κ2) is 6.29. The predicted molar refractivity (Wildman–Crippen MR) is 91.0 cm³/mol. The number of hydrogen-bond acceptors (Lipinski definition) is 3. The molecule has 0 spiro atoms. The fourth-order valence-electron chi connectivity index (χ4n) is 2.48. The molecule has 0 aliphatic rings. The van der Waals surface area contributed by atoms with Gasteiger partial charge in [0.15, 0.2) is 0 Å². The van der Waals surface area contributed by atoms with Crippen molar-refractivity contribution in [2.75, 3.05) is 0 Å². The third kappa shape index (κ3) is 2.90. The maximum absolute atomic E-state index is 9.05. The molecule has 3 rings (SSSR count). The molecule has 4 heteroatoms. The number of hydrogen-bond donors (Lipinski definition) is 0. The van der Waals surface area contributed by atoms with Crippen molar-refractivity contribution in [3.8, 4) is 17.5 Å². The smallest absolute Gasteiger partial charge is 0.142 e. The number of benzene rings is 1. The van der Waals surface area contributed by atoms with Crippen molar-refractivity contribution in [3.63, 3.8) is 0 Å². The molecule has 2 aromatic heterocycles. The average Bonchev–Trinajstić information content (AvgIpc) is 2.89. The number of nitrogens with zero attached hydrogens (tertiary/aromatic N) is 4. The normalized spacial score (nSPS) is 10.1. The zero-order chi connectivity index (χ0) is 16.2. The number of imidazole rings is 1. The van der Waals surface area contributed by atoms with Gasteiger partial charge in [-0.3, -0.25) is 4.98 Å². The largest absolute Gasteiger partial charge is 0.327 e. The number of nitriles is 1. The van der Waals surface area contributed by atoms with E-state index in [9.17, 15) is 0 Å². The molecule has 3 aromatic rings. The van der Waals surface area contributed by atoms with E-state index >= 15 is 0 Å². The topological polar surface area (TPSA) is 54.5 Å². The maximum atomic E-state index is 9.05. The summed E-state index contributed by atoms with van der Waals surface area (Å²) in [6.07, 6.45) is 3.57. The van der Waals surface area contributed by atoms with Crippen LogP contribution in [-0.4, -0.2) is 14.5 Å². The molecule has 4 nitrogen and oxygen atoms in total. The van der Waals surface area contributed by atoms with Gasteiger partial charge in [-0.25, -0.2) is 4.98 Å². The molecule has 0 radical (unpaired) electrons. The van der Waals surface area contributed by atoms with E-state index in [1.807, 2.05) is 73.3 Å². The summed E-state index contributed by atoms with van der Waals surface area (Å²) in [4.78, 5) is 9.04. The first kappa shape index (κ1) is 14.7. The summed E-state index contributed by atoms with van der Waals surface area (Å²) in [5.74, 6) is 0.832. The van der Waals surface area contributed by atoms with Crippen LogP contribution < -0.4 is 0 Å². The lowest BCUT2D eigenvalue weighted by molar-refractivity contribution is 0.956. The summed E-state index contributed by atoms with van der Waals surface area (Å²) in [6.45, 7) is 2.04. The number of aromatic nitrogens is 3. The van der Waals surface area contributed by atoms with Crippen LogP contribution in [0.4, 0.5) is 0 Å². The average molecular weight is 300 g/mol. The van der Waals surface area contributed by atoms with Crippen molar-refractivity contribution < 1.29 is 0 Å². The summed E-state index contributed by atoms with van der Waals surface area (Å²) in [7, 11) is 1.98. The van der Waals surface area contributed by atoms with Gasteiger partial charge in [-0.1, -0.05) is 24.3 Å². The Morgan fingerprint density at radius 3 is 2.74 bits per heavy atom. The highest BCUT2D eigenvalue weighted by Gasteiger charge is 2.11. The van der Waals surface area contributed by atoms with E-state index in [1.54, 1.807) is 6.20 Å². The van der Waals surface area contributed by atoms with Crippen LogP contribution in [-0.2, 0) is 7.05 Å². The van der Waals surface area contributed by atoms with Crippen LogP contribution in [0.5, 0.6) is 0 Å². The van der Waals surface area contributed by atoms with Crippen molar-refractivity contribution in [3.05, 3.63) is 72.1 Å². The lowest BCUT2D eigenvalue weighted by Crippen LogP contribution is -1.94. The van der Waals surface area contributed by atoms with E-state index in [2.05, 4.69) is 11.1 Å². The Morgan fingerprint density at radius 1 is 1.09 bits per heavy atom. The second-order valence-corrected chi connectivity index (χ2v) is 5.27. The van der Waals surface area contributed by atoms with Crippen molar-refractivity contribution in [1.29, 1.82) is 5.26 Å². The van der Waals surface area contributed by atoms with Gasteiger partial charge in [0.05, 0.1) is 22.7 Å². The fourth-order valence-corrected chi connectivity index (χ4v) is 2.48. The highest BCUT2D eigenvalue weighted by atomic mass is 15.1. The molecule has 0 unspecified atom stereocenters. The molecule has 2 heterocycles. The minimum atomic E-state index is 0.612. The number of fused-ring (bicyclic) bond motifs is 1. The first-order valence-corrected chi connectivity index (χ1v) is 7.31. The van der Waals surface area contributed by atoms with Crippen LogP contribution in [0.25, 0.3) is 22.4 Å². The molecule has 0 fully saturated rings. The third-order valence-corrected chi connectivity index (χ3v) is 3.73. The van der Waals surface area contributed by atoms with E-state index in [4.69, 9.17) is 10.2 Å². The first-order valence-electron chi connectivity index (χ1n) is 7.31. The van der Waals surface area contributed by atoms with Crippen LogP contribution in [0.3, 0.4) is 0 Å². The predicted octanol–water partition coefficient (Wildman–Crippen LogP) is 3.94. The molecule has 23 heavy (non-hydrogen) atoms. The van der Waals surface area contributed by atoms with Gasteiger partial charge >= 0.3 is 0 Å². The SMILES string of the molecule is Cc1ccccccncc1-c1nc2cc(C#N)ccc2n1C. The van der Waals surface area contributed by atoms with E-state index < -0.39 is 0 Å². The number of rotatable bonds is 1. The molecule has 0 aliphatic carbocycles. The van der Waals surface area contributed by atoms with Crippen molar-refractivity contribution in [2.24, 2.45) is 7.05 Å². The molecular weight excluding hydrogens is 284 g/mol. The Labute approximate surface area is 135 Å². The summed E-state index contributed by atoms with van der Waals surface area (Å²) in [5, 5.41) is 9.05. The maximum Gasteiger partial charge on any atom is 0.142 e. The van der Waals surface area contributed by atoms with Crippen LogP contribution >= 0.6 is 0 Å². The summed E-state index contributed by atoms with van der Waals surface area (Å²) < 4.78 is 2.03. The van der Waals surface area contributed by atoms with Crippen LogP contribution in [0.15, 0.2) is 60.9 Å². The summed E-state index contributed by atoms with van der Waals surface area (Å²) in [5.41, 5.74) is 4.45. The zero-order valence-corrected chi connectivity index (χ0v) is 13.1. The van der Waals surface area contributed by atoms with Gasteiger partial charge in [-0.15, -0.1) is 0 Å². The van der Waals surface area contributed by atoms with Gasteiger partial charge in [-0.2, -0.15) is 5.26 Å².